The number of benzene rings is 2. The normalized spacial score (nSPS) is 14.8. The van der Waals surface area contributed by atoms with E-state index in [2.05, 4.69) is 5.32 Å². The lowest BCUT2D eigenvalue weighted by molar-refractivity contribution is 0.487. The van der Waals surface area contributed by atoms with Gasteiger partial charge in [-0.1, -0.05) is 23.2 Å². The van der Waals surface area contributed by atoms with Crippen LogP contribution in [0.1, 0.15) is 11.3 Å². The summed E-state index contributed by atoms with van der Waals surface area (Å²) in [4.78, 5) is 0.227. The van der Waals surface area contributed by atoms with Gasteiger partial charge in [0.05, 0.1) is 16.3 Å². The second-order valence-corrected chi connectivity index (χ2v) is 8.52. The van der Waals surface area contributed by atoms with Gasteiger partial charge in [-0.15, -0.1) is 0 Å². The van der Waals surface area contributed by atoms with E-state index in [0.717, 1.165) is 29.7 Å². The standard InChI is InChI=1S/C17H13Cl2NO3S/c18-10-5-11(19)7-13(6-10)24(21,22)12-1-2-14-15-3-4-20-9-17(15)23-16(14)8-12/h1-2,5-8,20H,3-4,9H2. The topological polar surface area (TPSA) is 59.3 Å². The van der Waals surface area contributed by atoms with Crippen LogP contribution in [0, 0.1) is 0 Å². The van der Waals surface area contributed by atoms with Gasteiger partial charge in [-0.3, -0.25) is 0 Å². The largest absolute Gasteiger partial charge is 0.459 e. The Morgan fingerprint density at radius 1 is 1.00 bits per heavy atom. The van der Waals surface area contributed by atoms with Crippen molar-refractivity contribution in [2.24, 2.45) is 0 Å². The molecule has 2 aromatic carbocycles. The van der Waals surface area contributed by atoms with Crippen molar-refractivity contribution in [1.29, 1.82) is 0 Å². The van der Waals surface area contributed by atoms with Gasteiger partial charge in [0.25, 0.3) is 0 Å². The van der Waals surface area contributed by atoms with Crippen molar-refractivity contribution in [1.82, 2.24) is 5.32 Å². The van der Waals surface area contributed by atoms with Crippen LogP contribution in [-0.4, -0.2) is 15.0 Å². The summed E-state index contributed by atoms with van der Waals surface area (Å²) in [6, 6.07) is 9.26. The molecule has 4 nitrogen and oxygen atoms in total. The van der Waals surface area contributed by atoms with E-state index in [-0.39, 0.29) is 19.8 Å². The minimum Gasteiger partial charge on any atom is -0.459 e. The molecule has 1 aromatic heterocycles. The summed E-state index contributed by atoms with van der Waals surface area (Å²) in [5.74, 6) is 0.872. The molecular formula is C17H13Cl2NO3S. The van der Waals surface area contributed by atoms with E-state index in [4.69, 9.17) is 27.6 Å². The number of rotatable bonds is 2. The Labute approximate surface area is 149 Å². The van der Waals surface area contributed by atoms with Crippen molar-refractivity contribution in [3.05, 3.63) is 57.8 Å². The molecule has 7 heteroatoms. The molecule has 0 saturated carbocycles. The van der Waals surface area contributed by atoms with Crippen LogP contribution in [0.3, 0.4) is 0 Å². The fraction of sp³-hybridized carbons (Fsp3) is 0.176. The third-order valence-corrected chi connectivity index (χ3v) is 6.31. The minimum absolute atomic E-state index is 0.0670. The minimum atomic E-state index is -3.72. The van der Waals surface area contributed by atoms with Crippen LogP contribution in [-0.2, 0) is 22.8 Å². The number of nitrogens with one attached hydrogen (secondary N) is 1. The smallest absolute Gasteiger partial charge is 0.206 e. The molecule has 0 amide bonds. The maximum Gasteiger partial charge on any atom is 0.206 e. The summed E-state index contributed by atoms with van der Waals surface area (Å²) >= 11 is 11.9. The van der Waals surface area contributed by atoms with Crippen LogP contribution in [0.25, 0.3) is 11.0 Å². The molecule has 2 heterocycles. The van der Waals surface area contributed by atoms with Crippen molar-refractivity contribution in [3.8, 4) is 0 Å². The molecule has 0 radical (unpaired) electrons. The van der Waals surface area contributed by atoms with Crippen LogP contribution in [0.15, 0.2) is 50.6 Å². The van der Waals surface area contributed by atoms with E-state index in [1.54, 1.807) is 12.1 Å². The van der Waals surface area contributed by atoms with Crippen LogP contribution in [0.2, 0.25) is 10.0 Å². The summed E-state index contributed by atoms with van der Waals surface area (Å²) in [5, 5.41) is 4.77. The third kappa shape index (κ3) is 2.62. The fourth-order valence-electron chi connectivity index (χ4n) is 3.00. The Balaban J connectivity index is 1.86. The van der Waals surface area contributed by atoms with Gasteiger partial charge in [-0.2, -0.15) is 0 Å². The van der Waals surface area contributed by atoms with E-state index < -0.39 is 9.84 Å². The van der Waals surface area contributed by atoms with E-state index in [0.29, 0.717) is 12.1 Å². The van der Waals surface area contributed by atoms with Crippen molar-refractivity contribution in [2.75, 3.05) is 6.54 Å². The average Bonchev–Trinajstić information content (AvgIpc) is 2.91. The highest BCUT2D eigenvalue weighted by molar-refractivity contribution is 7.91. The second kappa shape index (κ2) is 5.77. The first-order chi connectivity index (χ1) is 11.4. The number of halogens is 2. The molecule has 1 aliphatic heterocycles. The number of fused-ring (bicyclic) bond motifs is 3. The summed E-state index contributed by atoms with van der Waals surface area (Å²) in [7, 11) is -3.72. The molecule has 1 N–H and O–H groups in total. The maximum atomic E-state index is 12.9. The van der Waals surface area contributed by atoms with Gasteiger partial charge in [-0.25, -0.2) is 8.42 Å². The Morgan fingerprint density at radius 3 is 2.50 bits per heavy atom. The fourth-order valence-corrected chi connectivity index (χ4v) is 5.00. The Kier molecular flexibility index (Phi) is 3.84. The van der Waals surface area contributed by atoms with Crippen LogP contribution in [0.5, 0.6) is 0 Å². The zero-order valence-corrected chi connectivity index (χ0v) is 14.8. The predicted molar refractivity (Wildman–Crippen MR) is 93.5 cm³/mol. The lowest BCUT2D eigenvalue weighted by atomic mass is 10.1. The van der Waals surface area contributed by atoms with Gasteiger partial charge < -0.3 is 9.73 Å². The zero-order valence-electron chi connectivity index (χ0n) is 12.5. The quantitative estimate of drug-likeness (QED) is 0.721. The van der Waals surface area contributed by atoms with Crippen molar-refractivity contribution in [2.45, 2.75) is 22.8 Å². The molecule has 24 heavy (non-hydrogen) atoms. The molecule has 0 aliphatic carbocycles. The highest BCUT2D eigenvalue weighted by atomic mass is 35.5. The first-order valence-electron chi connectivity index (χ1n) is 7.41. The third-order valence-electron chi connectivity index (χ3n) is 4.14. The van der Waals surface area contributed by atoms with Crippen molar-refractivity contribution in [3.63, 3.8) is 0 Å². The molecule has 0 saturated heterocycles. The van der Waals surface area contributed by atoms with Crippen molar-refractivity contribution >= 4 is 44.0 Å². The number of sulfone groups is 1. The highest BCUT2D eigenvalue weighted by Crippen LogP contribution is 2.33. The summed E-state index contributed by atoms with van der Waals surface area (Å²) in [6.45, 7) is 1.55. The van der Waals surface area contributed by atoms with Crippen LogP contribution < -0.4 is 5.32 Å². The van der Waals surface area contributed by atoms with E-state index in [9.17, 15) is 8.42 Å². The Morgan fingerprint density at radius 2 is 1.75 bits per heavy atom. The molecule has 3 aromatic rings. The number of hydrogen-bond acceptors (Lipinski definition) is 4. The van der Waals surface area contributed by atoms with Gasteiger partial charge in [-0.05, 0) is 43.3 Å². The van der Waals surface area contributed by atoms with E-state index in [1.807, 2.05) is 6.07 Å². The van der Waals surface area contributed by atoms with Crippen LogP contribution in [0.4, 0.5) is 0 Å². The molecule has 0 unspecified atom stereocenters. The SMILES string of the molecule is O=S(=O)(c1cc(Cl)cc(Cl)c1)c1ccc2c3c(oc2c1)CNCC3. The van der Waals surface area contributed by atoms with Crippen LogP contribution >= 0.6 is 23.2 Å². The molecule has 0 spiro atoms. The van der Waals surface area contributed by atoms with E-state index in [1.165, 1.54) is 18.2 Å². The highest BCUT2D eigenvalue weighted by Gasteiger charge is 2.22. The van der Waals surface area contributed by atoms with Gasteiger partial charge in [0.2, 0.25) is 9.84 Å². The zero-order chi connectivity index (χ0) is 16.9. The second-order valence-electron chi connectivity index (χ2n) is 5.70. The lowest BCUT2D eigenvalue weighted by Gasteiger charge is -2.10. The first kappa shape index (κ1) is 16.0. The molecule has 124 valence electrons. The molecule has 0 bridgehead atoms. The van der Waals surface area contributed by atoms with Crippen molar-refractivity contribution < 1.29 is 12.8 Å². The van der Waals surface area contributed by atoms with Gasteiger partial charge in [0, 0.05) is 27.1 Å². The summed E-state index contributed by atoms with van der Waals surface area (Å²) in [6.07, 6.45) is 0.873. The molecule has 1 aliphatic rings. The summed E-state index contributed by atoms with van der Waals surface area (Å²) in [5.41, 5.74) is 1.73. The van der Waals surface area contributed by atoms with Gasteiger partial charge in [0.1, 0.15) is 11.3 Å². The van der Waals surface area contributed by atoms with E-state index >= 15 is 0 Å². The van der Waals surface area contributed by atoms with Gasteiger partial charge in [0.15, 0.2) is 0 Å². The lowest BCUT2D eigenvalue weighted by Crippen LogP contribution is -2.22. The Bertz CT molecular complexity index is 1040. The molecule has 4 rings (SSSR count). The predicted octanol–water partition coefficient (Wildman–Crippen LogP) is 4.22. The first-order valence-corrected chi connectivity index (χ1v) is 9.65. The molecular weight excluding hydrogens is 369 g/mol. The summed E-state index contributed by atoms with van der Waals surface area (Å²) < 4.78 is 31.5. The maximum absolute atomic E-state index is 12.9. The van der Waals surface area contributed by atoms with Gasteiger partial charge >= 0.3 is 0 Å². The number of hydrogen-bond donors (Lipinski definition) is 1. The Hall–Kier alpha value is -1.53. The monoisotopic (exact) mass is 381 g/mol. The number of furan rings is 1. The molecule has 0 atom stereocenters. The average molecular weight is 382 g/mol. The molecule has 0 fully saturated rings.